The Morgan fingerprint density at radius 2 is 1.83 bits per heavy atom. The average Bonchev–Trinajstić information content (AvgIpc) is 3.36. The molecule has 0 saturated carbocycles. The van der Waals surface area contributed by atoms with Gasteiger partial charge in [-0.05, 0) is 46.8 Å². The third-order valence-electron chi connectivity index (χ3n) is 5.52. The first-order chi connectivity index (χ1) is 16.8. The predicted octanol–water partition coefficient (Wildman–Crippen LogP) is 2.80. The van der Waals surface area contributed by atoms with Crippen molar-refractivity contribution in [3.63, 3.8) is 0 Å². The van der Waals surface area contributed by atoms with Crippen LogP contribution in [0.1, 0.15) is 22.1 Å². The molecular formula is C23H23N3O7S2. The number of alkyl carbamates (subject to hydrolysis) is 1. The second-order valence-corrected chi connectivity index (χ2v) is 10.5. The van der Waals surface area contributed by atoms with Crippen molar-refractivity contribution in [3.05, 3.63) is 82.0 Å². The molecule has 2 heterocycles. The molecule has 2 amide bonds. The lowest BCUT2D eigenvalue weighted by atomic mass is 10.0. The van der Waals surface area contributed by atoms with Crippen molar-refractivity contribution in [2.45, 2.75) is 30.1 Å². The Balaban J connectivity index is 1.65. The van der Waals surface area contributed by atoms with Crippen LogP contribution in [0, 0.1) is 0 Å². The maximum atomic E-state index is 13.6. The summed E-state index contributed by atoms with van der Waals surface area (Å²) in [6, 6.07) is 15.0. The Bertz CT molecular complexity index is 1290. The Morgan fingerprint density at radius 1 is 1.11 bits per heavy atom. The molecule has 0 radical (unpaired) electrons. The minimum absolute atomic E-state index is 0.0833. The molecule has 0 bridgehead atoms. The molecule has 0 fully saturated rings. The molecule has 35 heavy (non-hydrogen) atoms. The van der Waals surface area contributed by atoms with Crippen molar-refractivity contribution in [1.29, 1.82) is 0 Å². The van der Waals surface area contributed by atoms with E-state index in [1.54, 1.807) is 11.4 Å². The summed E-state index contributed by atoms with van der Waals surface area (Å²) < 4.78 is 38.7. The van der Waals surface area contributed by atoms with Gasteiger partial charge >= 0.3 is 6.09 Å². The zero-order chi connectivity index (χ0) is 25.0. The van der Waals surface area contributed by atoms with E-state index in [4.69, 9.17) is 9.47 Å². The van der Waals surface area contributed by atoms with Crippen molar-refractivity contribution < 1.29 is 32.7 Å². The number of nitrogens with zero attached hydrogens (tertiary/aromatic N) is 1. The van der Waals surface area contributed by atoms with Gasteiger partial charge in [0.25, 0.3) is 5.91 Å². The van der Waals surface area contributed by atoms with Crippen molar-refractivity contribution in [2.24, 2.45) is 0 Å². The summed E-state index contributed by atoms with van der Waals surface area (Å²) in [6.45, 7) is 0.0329. The lowest BCUT2D eigenvalue weighted by Gasteiger charge is -2.38. The van der Waals surface area contributed by atoms with E-state index < -0.39 is 34.2 Å². The minimum Gasteiger partial charge on any atom is -0.497 e. The number of nitrogens with one attached hydrogen (secondary N) is 2. The highest BCUT2D eigenvalue weighted by Crippen LogP contribution is 2.40. The maximum Gasteiger partial charge on any atom is 0.408 e. The van der Waals surface area contributed by atoms with Gasteiger partial charge in [-0.15, -0.1) is 11.3 Å². The molecule has 2 aromatic carbocycles. The van der Waals surface area contributed by atoms with Crippen molar-refractivity contribution in [3.8, 4) is 5.75 Å². The van der Waals surface area contributed by atoms with Gasteiger partial charge < -0.3 is 14.8 Å². The summed E-state index contributed by atoms with van der Waals surface area (Å²) in [5, 5.41) is 13.8. The Morgan fingerprint density at radius 3 is 2.49 bits per heavy atom. The molecule has 2 atom stereocenters. The standard InChI is InChI=1S/C23H23N3O7S2/c1-32-17-7-9-18(10-8-17)35(30,31)26-14-16-11-12-34-21(16)20(19(26)22(27)25-29)33-23(28)24-13-15-5-3-2-4-6-15/h2-12,19-20,29H,13-14H2,1H3,(H,24,28)(H,25,27). The van der Waals surface area contributed by atoms with E-state index >= 15 is 0 Å². The van der Waals surface area contributed by atoms with Crippen LogP contribution in [0.5, 0.6) is 5.75 Å². The maximum absolute atomic E-state index is 13.6. The molecule has 184 valence electrons. The van der Waals surface area contributed by atoms with Crippen molar-refractivity contribution in [1.82, 2.24) is 15.1 Å². The summed E-state index contributed by atoms with van der Waals surface area (Å²) in [4.78, 5) is 25.9. The van der Waals surface area contributed by atoms with E-state index in [2.05, 4.69) is 5.32 Å². The molecule has 0 saturated heterocycles. The van der Waals surface area contributed by atoms with Gasteiger partial charge in [0, 0.05) is 13.1 Å². The molecule has 3 aromatic rings. The van der Waals surface area contributed by atoms with Gasteiger partial charge in [-0.2, -0.15) is 4.31 Å². The molecule has 2 unspecified atom stereocenters. The van der Waals surface area contributed by atoms with Crippen LogP contribution in [-0.4, -0.2) is 43.1 Å². The van der Waals surface area contributed by atoms with Crippen LogP contribution < -0.4 is 15.5 Å². The van der Waals surface area contributed by atoms with Crippen molar-refractivity contribution >= 4 is 33.4 Å². The molecule has 1 aliphatic heterocycles. The second kappa shape index (κ2) is 10.4. The van der Waals surface area contributed by atoms with E-state index in [1.807, 2.05) is 30.3 Å². The lowest BCUT2D eigenvalue weighted by Crippen LogP contribution is -2.54. The molecule has 1 aromatic heterocycles. The Hall–Kier alpha value is -3.45. The van der Waals surface area contributed by atoms with E-state index in [0.717, 1.165) is 9.87 Å². The zero-order valence-electron chi connectivity index (χ0n) is 18.6. The first-order valence-corrected chi connectivity index (χ1v) is 12.8. The third-order valence-corrected chi connectivity index (χ3v) is 8.38. The van der Waals surface area contributed by atoms with Gasteiger partial charge in [0.05, 0.1) is 16.9 Å². The van der Waals surface area contributed by atoms with E-state index in [1.165, 1.54) is 48.2 Å². The lowest BCUT2D eigenvalue weighted by molar-refractivity contribution is -0.137. The van der Waals surface area contributed by atoms with Gasteiger partial charge in [-0.3, -0.25) is 10.0 Å². The van der Waals surface area contributed by atoms with Crippen LogP contribution in [0.15, 0.2) is 70.9 Å². The van der Waals surface area contributed by atoms with E-state index in [9.17, 15) is 23.2 Å². The average molecular weight is 518 g/mol. The number of sulfonamides is 1. The monoisotopic (exact) mass is 517 g/mol. The minimum atomic E-state index is -4.24. The van der Waals surface area contributed by atoms with Gasteiger partial charge in [0.2, 0.25) is 10.0 Å². The van der Waals surface area contributed by atoms with Crippen LogP contribution in [0.3, 0.4) is 0 Å². The topological polar surface area (TPSA) is 134 Å². The first-order valence-electron chi connectivity index (χ1n) is 10.5. The van der Waals surface area contributed by atoms with Crippen molar-refractivity contribution in [2.75, 3.05) is 7.11 Å². The number of rotatable bonds is 7. The number of fused-ring (bicyclic) bond motifs is 1. The molecule has 0 spiro atoms. The summed E-state index contributed by atoms with van der Waals surface area (Å²) in [7, 11) is -2.78. The normalized spacial score (nSPS) is 17.8. The van der Waals surface area contributed by atoms with Crippen LogP contribution >= 0.6 is 11.3 Å². The van der Waals surface area contributed by atoms with Crippen LogP contribution in [0.2, 0.25) is 0 Å². The number of benzene rings is 2. The quantitative estimate of drug-likeness (QED) is 0.324. The fraction of sp³-hybridized carbons (Fsp3) is 0.217. The zero-order valence-corrected chi connectivity index (χ0v) is 20.2. The van der Waals surface area contributed by atoms with E-state index in [0.29, 0.717) is 16.2 Å². The predicted molar refractivity (Wildman–Crippen MR) is 126 cm³/mol. The number of carbonyl (C=O) groups excluding carboxylic acids is 2. The summed E-state index contributed by atoms with van der Waals surface area (Å²) >= 11 is 1.23. The SMILES string of the molecule is COc1ccc(S(=O)(=O)N2Cc3ccsc3C(OC(=O)NCc3ccccc3)C2C(=O)NO)cc1. The number of hydroxylamine groups is 1. The fourth-order valence-electron chi connectivity index (χ4n) is 3.79. The Kier molecular flexibility index (Phi) is 7.36. The fourth-order valence-corrected chi connectivity index (χ4v) is 6.32. The molecular weight excluding hydrogens is 494 g/mol. The van der Waals surface area contributed by atoms with Gasteiger partial charge in [-0.25, -0.2) is 18.7 Å². The highest BCUT2D eigenvalue weighted by molar-refractivity contribution is 7.89. The second-order valence-electron chi connectivity index (χ2n) is 7.62. The number of hydrogen-bond acceptors (Lipinski definition) is 8. The van der Waals surface area contributed by atoms with Gasteiger partial charge in [-0.1, -0.05) is 30.3 Å². The molecule has 1 aliphatic rings. The molecule has 10 nitrogen and oxygen atoms in total. The smallest absolute Gasteiger partial charge is 0.408 e. The Labute approximate surface area is 206 Å². The molecule has 3 N–H and O–H groups in total. The number of carbonyl (C=O) groups is 2. The molecule has 0 aliphatic carbocycles. The van der Waals surface area contributed by atoms with Crippen LogP contribution in [0.4, 0.5) is 4.79 Å². The molecule has 12 heteroatoms. The van der Waals surface area contributed by atoms with E-state index in [-0.39, 0.29) is 18.0 Å². The van der Waals surface area contributed by atoms with Crippen LogP contribution in [0.25, 0.3) is 0 Å². The summed E-state index contributed by atoms with van der Waals surface area (Å²) in [5.41, 5.74) is 2.94. The largest absolute Gasteiger partial charge is 0.497 e. The number of amides is 2. The molecule has 4 rings (SSSR count). The van der Waals surface area contributed by atoms with Gasteiger partial charge in [0.15, 0.2) is 6.10 Å². The summed E-state index contributed by atoms with van der Waals surface area (Å²) in [6.07, 6.45) is -2.12. The highest BCUT2D eigenvalue weighted by atomic mass is 32.2. The first kappa shape index (κ1) is 24.7. The third kappa shape index (κ3) is 5.15. The highest BCUT2D eigenvalue weighted by Gasteiger charge is 2.48. The number of thiophene rings is 1. The number of hydrogen-bond donors (Lipinski definition) is 3. The number of ether oxygens (including phenoxy) is 2. The van der Waals surface area contributed by atoms with Crippen LogP contribution in [-0.2, 0) is 32.6 Å². The summed E-state index contributed by atoms with van der Waals surface area (Å²) in [5.74, 6) is -0.564. The number of methoxy groups -OCH3 is 1. The van der Waals surface area contributed by atoms with Gasteiger partial charge in [0.1, 0.15) is 11.8 Å².